The monoisotopic (exact) mass is 344 g/mol. The molecule has 0 aliphatic carbocycles. The van der Waals surface area contributed by atoms with Gasteiger partial charge in [0.15, 0.2) is 0 Å². The molecule has 1 fully saturated rings. The van der Waals surface area contributed by atoms with Crippen molar-refractivity contribution in [2.45, 2.75) is 52.3 Å². The topological polar surface area (TPSA) is 42.4 Å². The highest BCUT2D eigenvalue weighted by atomic mass is 19.4. The second-order valence-corrected chi connectivity index (χ2v) is 7.27. The Hall–Kier alpha value is -1.79. The van der Waals surface area contributed by atoms with Gasteiger partial charge in [-0.05, 0) is 58.6 Å². The van der Waals surface area contributed by atoms with E-state index in [9.17, 15) is 18.0 Å². The van der Waals surface area contributed by atoms with Crippen molar-refractivity contribution in [1.82, 2.24) is 9.88 Å². The first-order valence-corrected chi connectivity index (χ1v) is 7.97. The van der Waals surface area contributed by atoms with Gasteiger partial charge in [-0.15, -0.1) is 0 Å². The summed E-state index contributed by atoms with van der Waals surface area (Å²) in [5, 5.41) is 0. The van der Waals surface area contributed by atoms with Crippen molar-refractivity contribution in [3.8, 4) is 0 Å². The molecule has 134 valence electrons. The van der Waals surface area contributed by atoms with E-state index in [2.05, 4.69) is 4.98 Å². The number of nitrogens with zero attached hydrogens (tertiary/aromatic N) is 2. The number of hydrogen-bond acceptors (Lipinski definition) is 3. The summed E-state index contributed by atoms with van der Waals surface area (Å²) in [7, 11) is 0. The number of amides is 1. The number of ether oxygens (including phenoxy) is 1. The van der Waals surface area contributed by atoms with Crippen LogP contribution in [0.2, 0.25) is 0 Å². The van der Waals surface area contributed by atoms with Crippen molar-refractivity contribution in [1.29, 1.82) is 0 Å². The zero-order chi connectivity index (χ0) is 18.1. The van der Waals surface area contributed by atoms with Crippen LogP contribution < -0.4 is 0 Å². The Morgan fingerprint density at radius 1 is 1.33 bits per heavy atom. The van der Waals surface area contributed by atoms with E-state index >= 15 is 0 Å². The summed E-state index contributed by atoms with van der Waals surface area (Å²) in [4.78, 5) is 17.9. The number of aromatic nitrogens is 1. The van der Waals surface area contributed by atoms with Crippen molar-refractivity contribution in [3.63, 3.8) is 0 Å². The molecule has 1 unspecified atom stereocenters. The molecule has 0 bridgehead atoms. The van der Waals surface area contributed by atoms with Crippen LogP contribution in [0, 0.1) is 12.8 Å². The van der Waals surface area contributed by atoms with Gasteiger partial charge in [0, 0.05) is 24.5 Å². The Balaban J connectivity index is 2.01. The second kappa shape index (κ2) is 6.61. The van der Waals surface area contributed by atoms with Crippen LogP contribution in [0.25, 0.3) is 0 Å². The molecule has 1 amide bonds. The van der Waals surface area contributed by atoms with Crippen molar-refractivity contribution in [3.05, 3.63) is 29.1 Å². The minimum Gasteiger partial charge on any atom is -0.444 e. The normalized spacial score (nSPS) is 18.8. The van der Waals surface area contributed by atoms with E-state index in [1.807, 2.05) is 0 Å². The van der Waals surface area contributed by atoms with E-state index in [1.54, 1.807) is 32.6 Å². The Labute approximate surface area is 140 Å². The molecule has 1 aliphatic rings. The minimum atomic E-state index is -4.37. The quantitative estimate of drug-likeness (QED) is 0.807. The Kier molecular flexibility index (Phi) is 5.11. The van der Waals surface area contributed by atoms with Crippen LogP contribution in [0.5, 0.6) is 0 Å². The summed E-state index contributed by atoms with van der Waals surface area (Å²) in [5.74, 6) is 0.0907. The molecule has 1 atom stereocenters. The van der Waals surface area contributed by atoms with Gasteiger partial charge in [0.05, 0.1) is 5.56 Å². The summed E-state index contributed by atoms with van der Waals surface area (Å²) >= 11 is 0. The number of likely N-dealkylation sites (tertiary alicyclic amines) is 1. The van der Waals surface area contributed by atoms with Crippen LogP contribution in [0.3, 0.4) is 0 Å². The molecular weight excluding hydrogens is 321 g/mol. The fourth-order valence-corrected chi connectivity index (χ4v) is 2.79. The van der Waals surface area contributed by atoms with Crippen LogP contribution in [-0.4, -0.2) is 34.7 Å². The highest BCUT2D eigenvalue weighted by Gasteiger charge is 2.33. The average molecular weight is 344 g/mol. The van der Waals surface area contributed by atoms with Gasteiger partial charge in [-0.1, -0.05) is 0 Å². The number of carbonyl (C=O) groups excluding carboxylic acids is 1. The van der Waals surface area contributed by atoms with Crippen LogP contribution in [0.4, 0.5) is 18.0 Å². The highest BCUT2D eigenvalue weighted by molar-refractivity contribution is 5.68. The lowest BCUT2D eigenvalue weighted by atomic mass is 10.0. The third-order valence-electron chi connectivity index (χ3n) is 3.77. The maximum atomic E-state index is 12.9. The predicted octanol–water partition coefficient (Wildman–Crippen LogP) is 4.21. The number of rotatable bonds is 2. The number of hydrogen-bond donors (Lipinski definition) is 0. The molecule has 0 spiro atoms. The Bertz CT molecular complexity index is 609. The van der Waals surface area contributed by atoms with Gasteiger partial charge in [-0.25, -0.2) is 4.79 Å². The Morgan fingerprint density at radius 2 is 2.00 bits per heavy atom. The van der Waals surface area contributed by atoms with E-state index in [0.717, 1.165) is 18.6 Å². The molecule has 0 saturated carbocycles. The molecule has 0 radical (unpaired) electrons. The number of alkyl halides is 3. The molecule has 0 N–H and O–H groups in total. The first-order valence-electron chi connectivity index (χ1n) is 7.97. The molecule has 24 heavy (non-hydrogen) atoms. The fourth-order valence-electron chi connectivity index (χ4n) is 2.79. The standard InChI is InChI=1S/C17H23F3N2O2/c1-11-7-13(17(18,19)20)9-14(21-11)8-12-5-6-22(10-12)15(23)24-16(2,3)4/h7,9,12H,5-6,8,10H2,1-4H3. The first kappa shape index (κ1) is 18.5. The van der Waals surface area contributed by atoms with Gasteiger partial charge >= 0.3 is 12.3 Å². The number of aryl methyl sites for hydroxylation is 1. The van der Waals surface area contributed by atoms with Crippen molar-refractivity contribution >= 4 is 6.09 Å². The van der Waals surface area contributed by atoms with E-state index in [0.29, 0.717) is 30.9 Å². The number of carbonyl (C=O) groups is 1. The molecule has 1 saturated heterocycles. The molecule has 1 aromatic rings. The summed E-state index contributed by atoms with van der Waals surface area (Å²) in [5.41, 5.74) is -0.471. The molecule has 1 aliphatic heterocycles. The number of halogens is 3. The van der Waals surface area contributed by atoms with Gasteiger partial charge in [0.2, 0.25) is 0 Å². The fraction of sp³-hybridized carbons (Fsp3) is 0.647. The lowest BCUT2D eigenvalue weighted by molar-refractivity contribution is -0.137. The van der Waals surface area contributed by atoms with Gasteiger partial charge in [-0.3, -0.25) is 4.98 Å². The molecule has 4 nitrogen and oxygen atoms in total. The first-order chi connectivity index (χ1) is 10.9. The van der Waals surface area contributed by atoms with Crippen LogP contribution in [0.1, 0.15) is 44.1 Å². The zero-order valence-corrected chi connectivity index (χ0v) is 14.4. The van der Waals surface area contributed by atoms with E-state index in [1.165, 1.54) is 0 Å². The van der Waals surface area contributed by atoms with Crippen LogP contribution in [0.15, 0.2) is 12.1 Å². The SMILES string of the molecule is Cc1cc(C(F)(F)F)cc(CC2CCN(C(=O)OC(C)(C)C)C2)n1. The summed E-state index contributed by atoms with van der Waals surface area (Å²) in [6.07, 6.45) is -3.60. The van der Waals surface area contributed by atoms with E-state index < -0.39 is 17.3 Å². The molecular formula is C17H23F3N2O2. The molecule has 2 rings (SSSR count). The average Bonchev–Trinajstić information content (AvgIpc) is 2.83. The zero-order valence-electron chi connectivity index (χ0n) is 14.4. The van der Waals surface area contributed by atoms with Crippen LogP contribution >= 0.6 is 0 Å². The van der Waals surface area contributed by atoms with Crippen molar-refractivity contribution < 1.29 is 22.7 Å². The van der Waals surface area contributed by atoms with Crippen molar-refractivity contribution in [2.75, 3.05) is 13.1 Å². The van der Waals surface area contributed by atoms with Gasteiger partial charge in [0.1, 0.15) is 5.60 Å². The highest BCUT2D eigenvalue weighted by Crippen LogP contribution is 2.31. The van der Waals surface area contributed by atoms with Gasteiger partial charge in [-0.2, -0.15) is 13.2 Å². The second-order valence-electron chi connectivity index (χ2n) is 7.27. The largest absolute Gasteiger partial charge is 0.444 e. The summed E-state index contributed by atoms with van der Waals surface area (Å²) < 4.78 is 44.0. The van der Waals surface area contributed by atoms with Gasteiger partial charge < -0.3 is 9.64 Å². The smallest absolute Gasteiger partial charge is 0.416 e. The lowest BCUT2D eigenvalue weighted by Crippen LogP contribution is -2.35. The third kappa shape index (κ3) is 5.11. The molecule has 1 aromatic heterocycles. The Morgan fingerprint density at radius 3 is 2.58 bits per heavy atom. The molecule has 7 heteroatoms. The van der Waals surface area contributed by atoms with E-state index in [-0.39, 0.29) is 12.0 Å². The number of pyridine rings is 1. The molecule has 0 aromatic carbocycles. The summed E-state index contributed by atoms with van der Waals surface area (Å²) in [6, 6.07) is 2.15. The predicted molar refractivity (Wildman–Crippen MR) is 83.6 cm³/mol. The maximum Gasteiger partial charge on any atom is 0.416 e. The van der Waals surface area contributed by atoms with Crippen LogP contribution in [-0.2, 0) is 17.3 Å². The summed E-state index contributed by atoms with van der Waals surface area (Å²) in [6.45, 7) is 7.99. The van der Waals surface area contributed by atoms with E-state index in [4.69, 9.17) is 4.74 Å². The third-order valence-corrected chi connectivity index (χ3v) is 3.77. The van der Waals surface area contributed by atoms with Gasteiger partial charge in [0.25, 0.3) is 0 Å². The maximum absolute atomic E-state index is 12.9. The van der Waals surface area contributed by atoms with Crippen molar-refractivity contribution in [2.24, 2.45) is 5.92 Å². The molecule has 2 heterocycles. The minimum absolute atomic E-state index is 0.0907. The lowest BCUT2D eigenvalue weighted by Gasteiger charge is -2.24.